The van der Waals surface area contributed by atoms with Crippen molar-refractivity contribution < 1.29 is 5.11 Å². The Labute approximate surface area is 124 Å². The molecule has 1 aliphatic heterocycles. The van der Waals surface area contributed by atoms with Crippen molar-refractivity contribution in [2.45, 2.75) is 57.4 Å². The SMILES string of the molecule is OCCC1CC(NCC2CCC2)CN(CC2CCC2)C1. The van der Waals surface area contributed by atoms with Gasteiger partial charge in [-0.1, -0.05) is 12.8 Å². The number of nitrogens with zero attached hydrogens (tertiary/aromatic N) is 1. The first-order chi connectivity index (χ1) is 9.83. The van der Waals surface area contributed by atoms with Crippen LogP contribution in [0.4, 0.5) is 0 Å². The summed E-state index contributed by atoms with van der Waals surface area (Å²) in [4.78, 5) is 2.69. The molecule has 2 unspecified atom stereocenters. The van der Waals surface area contributed by atoms with Crippen LogP contribution in [0.5, 0.6) is 0 Å². The molecule has 0 radical (unpaired) electrons. The second kappa shape index (κ2) is 7.24. The van der Waals surface area contributed by atoms with Gasteiger partial charge in [-0.2, -0.15) is 0 Å². The largest absolute Gasteiger partial charge is 0.396 e. The molecule has 1 saturated heterocycles. The van der Waals surface area contributed by atoms with Gasteiger partial charge in [0.1, 0.15) is 0 Å². The van der Waals surface area contributed by atoms with Gasteiger partial charge in [0.2, 0.25) is 0 Å². The maximum Gasteiger partial charge on any atom is 0.0434 e. The molecule has 3 aliphatic rings. The van der Waals surface area contributed by atoms with E-state index >= 15 is 0 Å². The van der Waals surface area contributed by atoms with Gasteiger partial charge < -0.3 is 15.3 Å². The molecule has 2 saturated carbocycles. The molecule has 0 bridgehead atoms. The number of aliphatic hydroxyl groups excluding tert-OH is 1. The van der Waals surface area contributed by atoms with Gasteiger partial charge in [0, 0.05) is 32.3 Å². The summed E-state index contributed by atoms with van der Waals surface area (Å²) >= 11 is 0. The van der Waals surface area contributed by atoms with E-state index in [0.717, 1.165) is 18.3 Å². The van der Waals surface area contributed by atoms with Crippen LogP contribution in [0.25, 0.3) is 0 Å². The molecule has 3 fully saturated rings. The van der Waals surface area contributed by atoms with Crippen LogP contribution in [0.1, 0.15) is 51.4 Å². The molecule has 20 heavy (non-hydrogen) atoms. The second-order valence-electron chi connectivity index (χ2n) is 7.53. The molecule has 2 aliphatic carbocycles. The van der Waals surface area contributed by atoms with E-state index in [1.54, 1.807) is 0 Å². The van der Waals surface area contributed by atoms with E-state index in [4.69, 9.17) is 0 Å². The molecule has 0 aromatic heterocycles. The highest BCUT2D eigenvalue weighted by atomic mass is 16.3. The fourth-order valence-electron chi connectivity index (χ4n) is 4.06. The second-order valence-corrected chi connectivity index (χ2v) is 7.53. The number of aliphatic hydroxyl groups is 1. The van der Waals surface area contributed by atoms with Crippen molar-refractivity contribution in [3.63, 3.8) is 0 Å². The average Bonchev–Trinajstić information content (AvgIpc) is 2.32. The van der Waals surface area contributed by atoms with Gasteiger partial charge in [-0.05, 0) is 62.8 Å². The molecule has 0 aromatic carbocycles. The van der Waals surface area contributed by atoms with Crippen molar-refractivity contribution in [3.05, 3.63) is 0 Å². The fraction of sp³-hybridized carbons (Fsp3) is 1.00. The van der Waals surface area contributed by atoms with Crippen LogP contribution >= 0.6 is 0 Å². The first-order valence-corrected chi connectivity index (χ1v) is 8.90. The maximum absolute atomic E-state index is 9.26. The van der Waals surface area contributed by atoms with Crippen LogP contribution in [0.3, 0.4) is 0 Å². The third kappa shape index (κ3) is 3.96. The number of hydrogen-bond donors (Lipinski definition) is 2. The van der Waals surface area contributed by atoms with Crippen molar-refractivity contribution in [3.8, 4) is 0 Å². The first-order valence-electron chi connectivity index (χ1n) is 8.90. The van der Waals surface area contributed by atoms with Gasteiger partial charge in [-0.15, -0.1) is 0 Å². The Morgan fingerprint density at radius 1 is 0.950 bits per heavy atom. The van der Waals surface area contributed by atoms with Gasteiger partial charge in [0.25, 0.3) is 0 Å². The topological polar surface area (TPSA) is 35.5 Å². The van der Waals surface area contributed by atoms with E-state index in [0.29, 0.717) is 18.6 Å². The molecule has 0 spiro atoms. The Balaban J connectivity index is 1.45. The summed E-state index contributed by atoms with van der Waals surface area (Å²) in [5, 5.41) is 13.1. The van der Waals surface area contributed by atoms with Crippen LogP contribution in [-0.2, 0) is 0 Å². The monoisotopic (exact) mass is 280 g/mol. The third-order valence-electron chi connectivity index (χ3n) is 5.81. The highest BCUT2D eigenvalue weighted by Crippen LogP contribution is 2.30. The Morgan fingerprint density at radius 2 is 1.70 bits per heavy atom. The zero-order valence-corrected chi connectivity index (χ0v) is 12.9. The van der Waals surface area contributed by atoms with Crippen LogP contribution in [0, 0.1) is 17.8 Å². The van der Waals surface area contributed by atoms with E-state index in [9.17, 15) is 5.11 Å². The quantitative estimate of drug-likeness (QED) is 0.751. The lowest BCUT2D eigenvalue weighted by atomic mass is 9.83. The minimum absolute atomic E-state index is 0.358. The number of nitrogens with one attached hydrogen (secondary N) is 1. The summed E-state index contributed by atoms with van der Waals surface area (Å²) in [5.41, 5.74) is 0. The van der Waals surface area contributed by atoms with Crippen molar-refractivity contribution in [1.29, 1.82) is 0 Å². The lowest BCUT2D eigenvalue weighted by Crippen LogP contribution is -2.52. The van der Waals surface area contributed by atoms with Gasteiger partial charge in [0.15, 0.2) is 0 Å². The molecule has 3 nitrogen and oxygen atoms in total. The van der Waals surface area contributed by atoms with E-state index < -0.39 is 0 Å². The molecule has 116 valence electrons. The van der Waals surface area contributed by atoms with E-state index in [1.165, 1.54) is 71.1 Å². The summed E-state index contributed by atoms with van der Waals surface area (Å²) in [6.45, 7) is 5.36. The van der Waals surface area contributed by atoms with Crippen LogP contribution in [0.15, 0.2) is 0 Å². The zero-order chi connectivity index (χ0) is 13.8. The maximum atomic E-state index is 9.26. The molecule has 1 heterocycles. The van der Waals surface area contributed by atoms with Crippen molar-refractivity contribution in [2.24, 2.45) is 17.8 Å². The molecule has 3 heteroatoms. The molecule has 2 N–H and O–H groups in total. The molecule has 0 amide bonds. The minimum atomic E-state index is 0.358. The summed E-state index contributed by atoms with van der Waals surface area (Å²) in [6, 6.07) is 0.668. The predicted octanol–water partition coefficient (Wildman–Crippen LogP) is 2.25. The van der Waals surface area contributed by atoms with Crippen molar-refractivity contribution >= 4 is 0 Å². The van der Waals surface area contributed by atoms with E-state index in [-0.39, 0.29) is 0 Å². The third-order valence-corrected chi connectivity index (χ3v) is 5.81. The van der Waals surface area contributed by atoms with Gasteiger partial charge in [0.05, 0.1) is 0 Å². The number of rotatable bonds is 7. The minimum Gasteiger partial charge on any atom is -0.396 e. The van der Waals surface area contributed by atoms with Crippen molar-refractivity contribution in [1.82, 2.24) is 10.2 Å². The van der Waals surface area contributed by atoms with Crippen LogP contribution in [-0.4, -0.2) is 48.8 Å². The number of likely N-dealkylation sites (tertiary alicyclic amines) is 1. The Bertz CT molecular complexity index is 289. The molecule has 0 aromatic rings. The van der Waals surface area contributed by atoms with Crippen LogP contribution in [0.2, 0.25) is 0 Å². The highest BCUT2D eigenvalue weighted by Gasteiger charge is 2.30. The normalized spacial score (nSPS) is 32.9. The predicted molar refractivity (Wildman–Crippen MR) is 82.7 cm³/mol. The highest BCUT2D eigenvalue weighted by molar-refractivity contribution is 4.87. The molecular weight excluding hydrogens is 248 g/mol. The molecule has 2 atom stereocenters. The summed E-state index contributed by atoms with van der Waals surface area (Å²) in [7, 11) is 0. The Morgan fingerprint density at radius 3 is 2.30 bits per heavy atom. The number of piperidine rings is 1. The lowest BCUT2D eigenvalue weighted by molar-refractivity contribution is 0.0873. The first kappa shape index (κ1) is 14.8. The fourth-order valence-corrected chi connectivity index (χ4v) is 4.06. The summed E-state index contributed by atoms with van der Waals surface area (Å²) < 4.78 is 0. The van der Waals surface area contributed by atoms with Gasteiger partial charge >= 0.3 is 0 Å². The molecule has 3 rings (SSSR count). The number of hydrogen-bond acceptors (Lipinski definition) is 3. The van der Waals surface area contributed by atoms with E-state index in [1.807, 2.05) is 0 Å². The van der Waals surface area contributed by atoms with Crippen LogP contribution < -0.4 is 5.32 Å². The summed E-state index contributed by atoms with van der Waals surface area (Å²) in [5.74, 6) is 2.62. The van der Waals surface area contributed by atoms with Gasteiger partial charge in [-0.3, -0.25) is 0 Å². The smallest absolute Gasteiger partial charge is 0.0434 e. The zero-order valence-electron chi connectivity index (χ0n) is 12.9. The van der Waals surface area contributed by atoms with Gasteiger partial charge in [-0.25, -0.2) is 0 Å². The van der Waals surface area contributed by atoms with Crippen molar-refractivity contribution in [2.75, 3.05) is 32.8 Å². The summed E-state index contributed by atoms with van der Waals surface area (Å²) in [6.07, 6.45) is 10.9. The lowest BCUT2D eigenvalue weighted by Gasteiger charge is -2.42. The molecular formula is C17H32N2O. The standard InChI is InChI=1S/C17H32N2O/c20-8-7-16-9-17(18-10-14-3-1-4-14)13-19(12-16)11-15-5-2-6-15/h14-18,20H,1-13H2. The Hall–Kier alpha value is -0.120. The van der Waals surface area contributed by atoms with E-state index in [2.05, 4.69) is 10.2 Å². The average molecular weight is 280 g/mol. The Kier molecular flexibility index (Phi) is 5.36.